The number of anilines is 1. The Morgan fingerprint density at radius 3 is 2.17 bits per heavy atom. The van der Waals surface area contributed by atoms with Crippen molar-refractivity contribution >= 4 is 23.2 Å². The monoisotopic (exact) mass is 419 g/mol. The summed E-state index contributed by atoms with van der Waals surface area (Å²) in [7, 11) is 0. The molecule has 3 rings (SSSR count). The number of nitrogens with one attached hydrogen (secondary N) is 1. The van der Waals surface area contributed by atoms with Gasteiger partial charge in [0.1, 0.15) is 11.5 Å². The van der Waals surface area contributed by atoms with Crippen LogP contribution in [-0.2, 0) is 11.0 Å². The maximum atomic E-state index is 13.7. The third kappa shape index (κ3) is 4.20. The van der Waals surface area contributed by atoms with Crippen LogP contribution in [0.5, 0.6) is 0 Å². The fourth-order valence-corrected chi connectivity index (χ4v) is 2.43. The molecular formula is C17H8F7N3O2. The van der Waals surface area contributed by atoms with Gasteiger partial charge in [-0.1, -0.05) is 6.07 Å². The lowest BCUT2D eigenvalue weighted by atomic mass is 10.0. The second-order valence-electron chi connectivity index (χ2n) is 5.78. The van der Waals surface area contributed by atoms with Crippen LogP contribution < -0.4 is 5.32 Å². The highest BCUT2D eigenvalue weighted by atomic mass is 19.4. The molecule has 12 heteroatoms. The number of hydrogen-bond acceptors (Lipinski definition) is 3. The van der Waals surface area contributed by atoms with E-state index in [9.17, 15) is 40.3 Å². The maximum absolute atomic E-state index is 13.7. The van der Waals surface area contributed by atoms with Crippen molar-refractivity contribution in [2.24, 2.45) is 0 Å². The molecular weight excluding hydrogens is 411 g/mol. The van der Waals surface area contributed by atoms with Gasteiger partial charge in [0.2, 0.25) is 0 Å². The van der Waals surface area contributed by atoms with Crippen molar-refractivity contribution in [3.05, 3.63) is 65.2 Å². The van der Waals surface area contributed by atoms with Crippen LogP contribution in [0.2, 0.25) is 0 Å². The molecule has 1 aromatic carbocycles. The van der Waals surface area contributed by atoms with Crippen LogP contribution in [0, 0.1) is 5.82 Å². The van der Waals surface area contributed by atoms with E-state index in [0.717, 1.165) is 22.9 Å². The summed E-state index contributed by atoms with van der Waals surface area (Å²) >= 11 is 0. The molecule has 2 aromatic heterocycles. The minimum atomic E-state index is -5.12. The number of hydrogen-bond donors (Lipinski definition) is 1. The molecule has 1 N–H and O–H groups in total. The smallest absolute Gasteiger partial charge is 0.304 e. The van der Waals surface area contributed by atoms with E-state index in [0.29, 0.717) is 12.1 Å². The van der Waals surface area contributed by atoms with Crippen LogP contribution in [0.1, 0.15) is 21.5 Å². The molecule has 0 atom stereocenters. The Kier molecular flexibility index (Phi) is 4.81. The number of ketones is 1. The van der Waals surface area contributed by atoms with Gasteiger partial charge in [0.05, 0.1) is 11.8 Å². The van der Waals surface area contributed by atoms with Gasteiger partial charge in [-0.3, -0.25) is 9.59 Å². The van der Waals surface area contributed by atoms with Crippen molar-refractivity contribution in [3.8, 4) is 0 Å². The van der Waals surface area contributed by atoms with Gasteiger partial charge in [-0.15, -0.1) is 0 Å². The van der Waals surface area contributed by atoms with Gasteiger partial charge in [-0.25, -0.2) is 9.37 Å². The summed E-state index contributed by atoms with van der Waals surface area (Å²) in [4.78, 5) is 27.1. The van der Waals surface area contributed by atoms with Gasteiger partial charge in [-0.2, -0.15) is 26.3 Å². The lowest BCUT2D eigenvalue weighted by Crippen LogP contribution is -2.30. The third-order valence-electron chi connectivity index (χ3n) is 3.75. The molecule has 0 aliphatic carbocycles. The number of imidazole rings is 1. The number of carbonyl (C=O) groups is 2. The molecule has 3 aromatic rings. The number of pyridine rings is 1. The summed E-state index contributed by atoms with van der Waals surface area (Å²) in [5, 5.41) is 1.54. The van der Waals surface area contributed by atoms with Gasteiger partial charge in [0.15, 0.2) is 11.6 Å². The molecule has 0 saturated heterocycles. The van der Waals surface area contributed by atoms with Crippen molar-refractivity contribution in [3.63, 3.8) is 0 Å². The number of nitrogens with zero attached hydrogens (tertiary/aromatic N) is 2. The molecule has 1 amide bonds. The first-order valence-electron chi connectivity index (χ1n) is 7.64. The second kappa shape index (κ2) is 6.87. The van der Waals surface area contributed by atoms with Crippen LogP contribution in [-0.4, -0.2) is 27.3 Å². The van der Waals surface area contributed by atoms with Crippen molar-refractivity contribution in [2.45, 2.75) is 12.4 Å². The average molecular weight is 419 g/mol. The number of benzene rings is 1. The second-order valence-corrected chi connectivity index (χ2v) is 5.78. The Bertz CT molecular complexity index is 1120. The summed E-state index contributed by atoms with van der Waals surface area (Å²) in [6.07, 6.45) is -7.91. The van der Waals surface area contributed by atoms with Gasteiger partial charge in [0.25, 0.3) is 0 Å². The molecule has 0 aliphatic heterocycles. The predicted octanol–water partition coefficient (Wildman–Crippen LogP) is 4.22. The fraction of sp³-hybridized carbons (Fsp3) is 0.118. The fourth-order valence-electron chi connectivity index (χ4n) is 2.43. The summed E-state index contributed by atoms with van der Waals surface area (Å²) in [5.74, 6) is -5.12. The molecule has 0 bridgehead atoms. The van der Waals surface area contributed by atoms with E-state index in [-0.39, 0.29) is 16.8 Å². The zero-order valence-electron chi connectivity index (χ0n) is 13.9. The van der Waals surface area contributed by atoms with E-state index in [1.807, 2.05) is 0 Å². The Labute approximate surface area is 156 Å². The van der Waals surface area contributed by atoms with Crippen LogP contribution in [0.4, 0.5) is 36.6 Å². The summed E-state index contributed by atoms with van der Waals surface area (Å²) in [5.41, 5.74) is -1.90. The Morgan fingerprint density at radius 2 is 1.59 bits per heavy atom. The minimum Gasteiger partial charge on any atom is -0.304 e. The molecule has 152 valence electrons. The van der Waals surface area contributed by atoms with E-state index in [4.69, 9.17) is 0 Å². The highest BCUT2D eigenvalue weighted by Crippen LogP contribution is 2.32. The molecule has 0 aliphatic rings. The number of aromatic nitrogens is 2. The number of carbonyl (C=O) groups excluding carboxylic acids is 2. The number of alkyl halides is 6. The lowest BCUT2D eigenvalue weighted by molar-refractivity contribution is -0.167. The molecule has 5 nitrogen and oxygen atoms in total. The van der Waals surface area contributed by atoms with Crippen molar-refractivity contribution in [2.75, 3.05) is 5.32 Å². The lowest BCUT2D eigenvalue weighted by Gasteiger charge is -2.09. The zero-order chi connectivity index (χ0) is 21.6. The normalized spacial score (nSPS) is 12.2. The largest absolute Gasteiger partial charge is 0.471 e. The van der Waals surface area contributed by atoms with Crippen LogP contribution in [0.25, 0.3) is 5.65 Å². The van der Waals surface area contributed by atoms with Gasteiger partial charge >= 0.3 is 18.3 Å². The first kappa shape index (κ1) is 20.3. The first-order chi connectivity index (χ1) is 13.4. The molecule has 2 heterocycles. The number of rotatable bonds is 3. The van der Waals surface area contributed by atoms with Crippen LogP contribution >= 0.6 is 0 Å². The van der Waals surface area contributed by atoms with Crippen molar-refractivity contribution in [1.82, 2.24) is 9.38 Å². The third-order valence-corrected chi connectivity index (χ3v) is 3.75. The van der Waals surface area contributed by atoms with Crippen molar-refractivity contribution in [1.29, 1.82) is 0 Å². The van der Waals surface area contributed by atoms with Gasteiger partial charge in [-0.05, 0) is 24.3 Å². The van der Waals surface area contributed by atoms with E-state index in [1.165, 1.54) is 12.1 Å². The number of halogens is 7. The SMILES string of the molecule is O=C(c1ccc(C(F)(F)F)c(F)c1)c1ccc2nc(NC(=O)C(F)(F)F)cn2c1. The maximum Gasteiger partial charge on any atom is 0.471 e. The Hall–Kier alpha value is -3.44. The highest BCUT2D eigenvalue weighted by molar-refractivity contribution is 6.09. The number of fused-ring (bicyclic) bond motifs is 1. The van der Waals surface area contributed by atoms with E-state index >= 15 is 0 Å². The summed E-state index contributed by atoms with van der Waals surface area (Å²) < 4.78 is 89.5. The molecule has 0 radical (unpaired) electrons. The average Bonchev–Trinajstić information content (AvgIpc) is 3.00. The Balaban J connectivity index is 1.89. The van der Waals surface area contributed by atoms with Gasteiger partial charge in [0, 0.05) is 17.3 Å². The van der Waals surface area contributed by atoms with E-state index < -0.39 is 41.2 Å². The summed E-state index contributed by atoms with van der Waals surface area (Å²) in [6, 6.07) is 4.12. The predicted molar refractivity (Wildman–Crippen MR) is 84.7 cm³/mol. The quantitative estimate of drug-likeness (QED) is 0.511. The zero-order valence-corrected chi connectivity index (χ0v) is 13.9. The molecule has 0 unspecified atom stereocenters. The standard InChI is InChI=1S/C17H8F7N3O2/c18-11-5-8(1-3-10(11)16(19,20)21)14(28)9-2-4-13-25-12(7-27(13)6-9)26-15(29)17(22,23)24/h1-7H,(H,26,29). The molecule has 0 fully saturated rings. The van der Waals surface area contributed by atoms with Crippen molar-refractivity contribution < 1.29 is 40.3 Å². The van der Waals surface area contributed by atoms with Crippen LogP contribution in [0.3, 0.4) is 0 Å². The first-order valence-corrected chi connectivity index (χ1v) is 7.64. The van der Waals surface area contributed by atoms with E-state index in [2.05, 4.69) is 4.98 Å². The Morgan fingerprint density at radius 1 is 0.931 bits per heavy atom. The number of amides is 1. The van der Waals surface area contributed by atoms with Crippen LogP contribution in [0.15, 0.2) is 42.7 Å². The summed E-state index contributed by atoms with van der Waals surface area (Å²) in [6.45, 7) is 0. The highest BCUT2D eigenvalue weighted by Gasteiger charge is 2.39. The molecule has 0 spiro atoms. The molecule has 29 heavy (non-hydrogen) atoms. The van der Waals surface area contributed by atoms with E-state index in [1.54, 1.807) is 5.32 Å². The topological polar surface area (TPSA) is 63.5 Å². The van der Waals surface area contributed by atoms with Gasteiger partial charge < -0.3 is 9.72 Å². The molecule has 0 saturated carbocycles. The minimum absolute atomic E-state index is 0.0811.